The van der Waals surface area contributed by atoms with Crippen molar-refractivity contribution in [2.24, 2.45) is 0 Å². The number of methoxy groups -OCH3 is 1. The highest BCUT2D eigenvalue weighted by Gasteiger charge is 2.41. The van der Waals surface area contributed by atoms with Crippen molar-refractivity contribution in [1.82, 2.24) is 15.5 Å². The van der Waals surface area contributed by atoms with Crippen LogP contribution in [0.15, 0.2) is 0 Å². The molecule has 0 aliphatic carbocycles. The third-order valence-electron chi connectivity index (χ3n) is 3.79. The van der Waals surface area contributed by atoms with E-state index in [1.807, 2.05) is 11.8 Å². The first-order chi connectivity index (χ1) is 9.15. The molecule has 0 aromatic heterocycles. The normalized spacial score (nSPS) is 26.4. The van der Waals surface area contributed by atoms with Gasteiger partial charge in [0.1, 0.15) is 0 Å². The Morgan fingerprint density at radius 1 is 1.53 bits per heavy atom. The molecular weight excluding hydrogens is 246 g/mol. The highest BCUT2D eigenvalue weighted by atomic mass is 16.5. The molecule has 0 bridgehead atoms. The van der Waals surface area contributed by atoms with Gasteiger partial charge in [0, 0.05) is 20.2 Å². The van der Waals surface area contributed by atoms with E-state index in [4.69, 9.17) is 9.47 Å². The lowest BCUT2D eigenvalue weighted by Crippen LogP contribution is -2.61. The minimum atomic E-state index is -0.151. The standard InChI is InChI=1S/C13H25N3O3/c1-11-9-16(12(17)15-7-8-18-2)10-13(19-11)3-5-14-6-4-13/h11,14H,3-10H2,1-2H3,(H,15,17). The van der Waals surface area contributed by atoms with Gasteiger partial charge in [-0.3, -0.25) is 0 Å². The van der Waals surface area contributed by atoms with Crippen molar-refractivity contribution in [3.05, 3.63) is 0 Å². The second-order valence-electron chi connectivity index (χ2n) is 5.47. The average molecular weight is 271 g/mol. The molecule has 6 nitrogen and oxygen atoms in total. The lowest BCUT2D eigenvalue weighted by atomic mass is 9.89. The van der Waals surface area contributed by atoms with Gasteiger partial charge in [-0.25, -0.2) is 4.79 Å². The van der Waals surface area contributed by atoms with Crippen LogP contribution >= 0.6 is 0 Å². The van der Waals surface area contributed by atoms with Crippen LogP contribution in [0.2, 0.25) is 0 Å². The van der Waals surface area contributed by atoms with E-state index in [0.717, 1.165) is 25.9 Å². The van der Waals surface area contributed by atoms with Gasteiger partial charge in [-0.2, -0.15) is 0 Å². The van der Waals surface area contributed by atoms with E-state index in [9.17, 15) is 4.79 Å². The molecule has 0 saturated carbocycles. The molecular formula is C13H25N3O3. The number of carbonyl (C=O) groups is 1. The smallest absolute Gasteiger partial charge is 0.317 e. The van der Waals surface area contributed by atoms with E-state index in [1.165, 1.54) is 0 Å². The van der Waals surface area contributed by atoms with Crippen LogP contribution in [0.3, 0.4) is 0 Å². The van der Waals surface area contributed by atoms with Crippen molar-refractivity contribution in [3.63, 3.8) is 0 Å². The molecule has 2 N–H and O–H groups in total. The number of amides is 2. The Hall–Kier alpha value is -0.850. The van der Waals surface area contributed by atoms with Crippen LogP contribution in [0.1, 0.15) is 19.8 Å². The Labute approximate surface area is 114 Å². The molecule has 0 aromatic rings. The molecule has 2 heterocycles. The maximum atomic E-state index is 12.1. The third-order valence-corrected chi connectivity index (χ3v) is 3.79. The van der Waals surface area contributed by atoms with E-state index in [-0.39, 0.29) is 17.7 Å². The Morgan fingerprint density at radius 3 is 2.95 bits per heavy atom. The number of nitrogens with one attached hydrogen (secondary N) is 2. The van der Waals surface area contributed by atoms with Crippen LogP contribution in [0.25, 0.3) is 0 Å². The minimum absolute atomic E-state index is 0.00916. The van der Waals surface area contributed by atoms with Crippen molar-refractivity contribution in [1.29, 1.82) is 0 Å². The number of urea groups is 1. The van der Waals surface area contributed by atoms with Crippen molar-refractivity contribution in [3.8, 4) is 0 Å². The number of hydrogen-bond donors (Lipinski definition) is 2. The summed E-state index contributed by atoms with van der Waals surface area (Å²) < 4.78 is 11.1. The monoisotopic (exact) mass is 271 g/mol. The quantitative estimate of drug-likeness (QED) is 0.719. The Morgan fingerprint density at radius 2 is 2.26 bits per heavy atom. The molecule has 1 unspecified atom stereocenters. The first-order valence-electron chi connectivity index (χ1n) is 7.05. The highest BCUT2D eigenvalue weighted by molar-refractivity contribution is 5.74. The van der Waals surface area contributed by atoms with Crippen molar-refractivity contribution in [2.75, 3.05) is 46.4 Å². The van der Waals surface area contributed by atoms with Crippen LogP contribution in [0.4, 0.5) is 4.79 Å². The number of nitrogens with zero attached hydrogens (tertiary/aromatic N) is 1. The summed E-state index contributed by atoms with van der Waals surface area (Å²) in [5.41, 5.74) is -0.151. The van der Waals surface area contributed by atoms with Crippen LogP contribution in [-0.4, -0.2) is 69.1 Å². The van der Waals surface area contributed by atoms with Gasteiger partial charge >= 0.3 is 6.03 Å². The topological polar surface area (TPSA) is 62.8 Å². The number of hydrogen-bond acceptors (Lipinski definition) is 4. The van der Waals surface area contributed by atoms with E-state index in [0.29, 0.717) is 26.2 Å². The predicted molar refractivity (Wildman–Crippen MR) is 72.2 cm³/mol. The third kappa shape index (κ3) is 3.81. The number of piperidine rings is 1. The zero-order valence-corrected chi connectivity index (χ0v) is 11.9. The van der Waals surface area contributed by atoms with Crippen LogP contribution in [-0.2, 0) is 9.47 Å². The molecule has 0 aromatic carbocycles. The summed E-state index contributed by atoms with van der Waals surface area (Å²) in [5.74, 6) is 0. The number of morpholine rings is 1. The highest BCUT2D eigenvalue weighted by Crippen LogP contribution is 2.30. The summed E-state index contributed by atoms with van der Waals surface area (Å²) in [6.07, 6.45) is 2.04. The lowest BCUT2D eigenvalue weighted by Gasteiger charge is -2.47. The number of rotatable bonds is 3. The van der Waals surface area contributed by atoms with Crippen molar-refractivity contribution >= 4 is 6.03 Å². The second kappa shape index (κ2) is 6.54. The van der Waals surface area contributed by atoms with Crippen LogP contribution in [0.5, 0.6) is 0 Å². The molecule has 2 aliphatic heterocycles. The van der Waals surface area contributed by atoms with E-state index >= 15 is 0 Å². The molecule has 2 amide bonds. The van der Waals surface area contributed by atoms with Crippen LogP contribution in [0, 0.1) is 0 Å². The van der Waals surface area contributed by atoms with Gasteiger partial charge < -0.3 is 25.0 Å². The van der Waals surface area contributed by atoms with Gasteiger partial charge in [0.15, 0.2) is 0 Å². The number of carbonyl (C=O) groups excluding carboxylic acids is 1. The van der Waals surface area contributed by atoms with Gasteiger partial charge in [0.25, 0.3) is 0 Å². The Balaban J connectivity index is 1.91. The molecule has 110 valence electrons. The second-order valence-corrected chi connectivity index (χ2v) is 5.47. The maximum absolute atomic E-state index is 12.1. The van der Waals surface area contributed by atoms with E-state index in [1.54, 1.807) is 7.11 Å². The molecule has 2 rings (SSSR count). The predicted octanol–water partition coefficient (Wildman–Crippen LogP) is 0.185. The van der Waals surface area contributed by atoms with Gasteiger partial charge in [-0.05, 0) is 32.9 Å². The fourth-order valence-electron chi connectivity index (χ4n) is 2.91. The first kappa shape index (κ1) is 14.6. The molecule has 2 saturated heterocycles. The molecule has 1 atom stereocenters. The molecule has 2 aliphatic rings. The van der Waals surface area contributed by atoms with E-state index < -0.39 is 0 Å². The van der Waals surface area contributed by atoms with Crippen LogP contribution < -0.4 is 10.6 Å². The summed E-state index contributed by atoms with van der Waals surface area (Å²) in [7, 11) is 1.63. The summed E-state index contributed by atoms with van der Waals surface area (Å²) >= 11 is 0. The zero-order chi connectivity index (χ0) is 13.7. The summed E-state index contributed by atoms with van der Waals surface area (Å²) in [4.78, 5) is 14.0. The van der Waals surface area contributed by atoms with Gasteiger partial charge in [-0.15, -0.1) is 0 Å². The fraction of sp³-hybridized carbons (Fsp3) is 0.923. The summed E-state index contributed by atoms with van der Waals surface area (Å²) in [5, 5.41) is 6.23. The van der Waals surface area contributed by atoms with E-state index in [2.05, 4.69) is 10.6 Å². The van der Waals surface area contributed by atoms with Gasteiger partial charge in [-0.1, -0.05) is 0 Å². The molecule has 2 fully saturated rings. The minimum Gasteiger partial charge on any atom is -0.383 e. The lowest BCUT2D eigenvalue weighted by molar-refractivity contribution is -0.150. The largest absolute Gasteiger partial charge is 0.383 e. The zero-order valence-electron chi connectivity index (χ0n) is 11.9. The molecule has 0 radical (unpaired) electrons. The molecule has 6 heteroatoms. The van der Waals surface area contributed by atoms with Gasteiger partial charge in [0.05, 0.1) is 24.9 Å². The fourth-order valence-corrected chi connectivity index (χ4v) is 2.91. The molecule has 19 heavy (non-hydrogen) atoms. The number of ether oxygens (including phenoxy) is 2. The Kier molecular flexibility index (Phi) is 5.01. The summed E-state index contributed by atoms with van der Waals surface area (Å²) in [6.45, 7) is 6.41. The Bertz CT molecular complexity index is 306. The van der Waals surface area contributed by atoms with Crippen molar-refractivity contribution in [2.45, 2.75) is 31.5 Å². The summed E-state index contributed by atoms with van der Waals surface area (Å²) in [6, 6.07) is -0.00916. The maximum Gasteiger partial charge on any atom is 0.317 e. The molecule has 1 spiro atoms. The average Bonchev–Trinajstić information content (AvgIpc) is 2.38. The SMILES string of the molecule is COCCNC(=O)N1CC(C)OC2(CCNCC2)C1. The van der Waals surface area contributed by atoms with Gasteiger partial charge in [0.2, 0.25) is 0 Å². The van der Waals surface area contributed by atoms with Crippen molar-refractivity contribution < 1.29 is 14.3 Å². The first-order valence-corrected chi connectivity index (χ1v) is 7.05.